The number of aliphatic hydroxyl groups is 1. The predicted molar refractivity (Wildman–Crippen MR) is 66.6 cm³/mol. The Morgan fingerprint density at radius 1 is 1.18 bits per heavy atom. The van der Waals surface area contributed by atoms with Crippen molar-refractivity contribution < 1.29 is 9.90 Å². The summed E-state index contributed by atoms with van der Waals surface area (Å²) in [4.78, 5) is 12.1. The Balaban J connectivity index is 1.83. The molecule has 4 unspecified atom stereocenters. The van der Waals surface area contributed by atoms with Crippen LogP contribution >= 0.6 is 0 Å². The van der Waals surface area contributed by atoms with E-state index in [2.05, 4.69) is 17.6 Å². The molecule has 1 aliphatic carbocycles. The van der Waals surface area contributed by atoms with Crippen LogP contribution < -0.4 is 10.6 Å². The highest BCUT2D eigenvalue weighted by Crippen LogP contribution is 2.19. The average molecular weight is 240 g/mol. The predicted octanol–water partition coefficient (Wildman–Crippen LogP) is 0.937. The Bertz CT molecular complexity index is 270. The van der Waals surface area contributed by atoms with Crippen LogP contribution in [-0.2, 0) is 4.79 Å². The summed E-state index contributed by atoms with van der Waals surface area (Å²) in [5.74, 6) is 0.0718. The number of amides is 1. The number of nitrogens with one attached hydrogen (secondary N) is 2. The Morgan fingerprint density at radius 3 is 2.65 bits per heavy atom. The normalized spacial score (nSPS) is 38.7. The van der Waals surface area contributed by atoms with E-state index >= 15 is 0 Å². The number of aliphatic hydroxyl groups excluding tert-OH is 1. The summed E-state index contributed by atoms with van der Waals surface area (Å²) in [6, 6.07) is 0.332. The van der Waals surface area contributed by atoms with Gasteiger partial charge in [-0.1, -0.05) is 12.8 Å². The maximum absolute atomic E-state index is 12.1. The van der Waals surface area contributed by atoms with Gasteiger partial charge in [-0.2, -0.15) is 0 Å². The number of carbonyl (C=O) groups excluding carboxylic acids is 1. The molecular weight excluding hydrogens is 216 g/mol. The van der Waals surface area contributed by atoms with Crippen molar-refractivity contribution in [1.29, 1.82) is 0 Å². The summed E-state index contributed by atoms with van der Waals surface area (Å²) < 4.78 is 0. The zero-order chi connectivity index (χ0) is 12.3. The van der Waals surface area contributed by atoms with E-state index < -0.39 is 0 Å². The van der Waals surface area contributed by atoms with Crippen LogP contribution in [0, 0.1) is 0 Å². The topological polar surface area (TPSA) is 61.4 Å². The molecule has 4 nitrogen and oxygen atoms in total. The zero-order valence-electron chi connectivity index (χ0n) is 10.6. The number of rotatable bonds is 2. The third-order valence-electron chi connectivity index (χ3n) is 3.99. The second-order valence-corrected chi connectivity index (χ2v) is 5.52. The van der Waals surface area contributed by atoms with Crippen LogP contribution in [0.15, 0.2) is 0 Å². The van der Waals surface area contributed by atoms with Crippen molar-refractivity contribution in [3.63, 3.8) is 0 Å². The minimum absolute atomic E-state index is 0.0321. The molecule has 2 rings (SSSR count). The molecule has 0 aromatic heterocycles. The van der Waals surface area contributed by atoms with E-state index in [1.165, 1.54) is 0 Å². The molecule has 2 fully saturated rings. The number of hydrogen-bond acceptors (Lipinski definition) is 3. The first-order valence-electron chi connectivity index (χ1n) is 6.91. The summed E-state index contributed by atoms with van der Waals surface area (Å²) in [6.45, 7) is 2.12. The highest BCUT2D eigenvalue weighted by molar-refractivity contribution is 5.82. The van der Waals surface area contributed by atoms with Crippen LogP contribution in [0.25, 0.3) is 0 Å². The van der Waals surface area contributed by atoms with E-state index in [1.54, 1.807) is 0 Å². The molecule has 0 radical (unpaired) electrons. The molecule has 1 saturated carbocycles. The van der Waals surface area contributed by atoms with E-state index in [0.29, 0.717) is 6.04 Å². The largest absolute Gasteiger partial charge is 0.391 e. The van der Waals surface area contributed by atoms with Gasteiger partial charge >= 0.3 is 0 Å². The van der Waals surface area contributed by atoms with Crippen molar-refractivity contribution in [1.82, 2.24) is 10.6 Å². The molecule has 0 aromatic carbocycles. The Kier molecular flexibility index (Phi) is 4.40. The maximum Gasteiger partial charge on any atom is 0.237 e. The molecule has 4 heteroatoms. The Morgan fingerprint density at radius 2 is 1.94 bits per heavy atom. The Hall–Kier alpha value is -0.610. The molecule has 3 N–H and O–H groups in total. The highest BCUT2D eigenvalue weighted by Gasteiger charge is 2.29. The molecule has 2 aliphatic rings. The first kappa shape index (κ1) is 12.8. The van der Waals surface area contributed by atoms with E-state index in [1.807, 2.05) is 0 Å². The molecule has 98 valence electrons. The van der Waals surface area contributed by atoms with Crippen molar-refractivity contribution in [2.24, 2.45) is 0 Å². The second-order valence-electron chi connectivity index (χ2n) is 5.52. The highest BCUT2D eigenvalue weighted by atomic mass is 16.3. The van der Waals surface area contributed by atoms with Gasteiger partial charge < -0.3 is 15.7 Å². The van der Waals surface area contributed by atoms with Crippen LogP contribution in [0.5, 0.6) is 0 Å². The monoisotopic (exact) mass is 240 g/mol. The van der Waals surface area contributed by atoms with Crippen LogP contribution in [-0.4, -0.2) is 35.2 Å². The minimum Gasteiger partial charge on any atom is -0.391 e. The number of carbonyl (C=O) groups is 1. The molecule has 1 saturated heterocycles. The molecule has 1 amide bonds. The third-order valence-corrected chi connectivity index (χ3v) is 3.99. The first-order chi connectivity index (χ1) is 8.16. The lowest BCUT2D eigenvalue weighted by Gasteiger charge is -2.32. The lowest BCUT2D eigenvalue weighted by molar-refractivity contribution is -0.125. The molecule has 1 heterocycles. The van der Waals surface area contributed by atoms with E-state index in [0.717, 1.165) is 44.9 Å². The van der Waals surface area contributed by atoms with Crippen molar-refractivity contribution in [3.8, 4) is 0 Å². The van der Waals surface area contributed by atoms with Crippen molar-refractivity contribution >= 4 is 5.91 Å². The third kappa shape index (κ3) is 3.42. The van der Waals surface area contributed by atoms with Gasteiger partial charge in [0.15, 0.2) is 0 Å². The maximum atomic E-state index is 12.1. The molecule has 0 bridgehead atoms. The zero-order valence-corrected chi connectivity index (χ0v) is 10.6. The smallest absolute Gasteiger partial charge is 0.237 e. The van der Waals surface area contributed by atoms with Gasteiger partial charge in [-0.3, -0.25) is 4.79 Å². The first-order valence-corrected chi connectivity index (χ1v) is 6.91. The van der Waals surface area contributed by atoms with Gasteiger partial charge in [-0.25, -0.2) is 0 Å². The summed E-state index contributed by atoms with van der Waals surface area (Å²) in [5.41, 5.74) is 0. The average Bonchev–Trinajstić information content (AvgIpc) is 2.32. The summed E-state index contributed by atoms with van der Waals surface area (Å²) >= 11 is 0. The van der Waals surface area contributed by atoms with Gasteiger partial charge in [0, 0.05) is 6.04 Å². The standard InChI is InChI=1S/C13H24N2O2/c1-9-5-4-7-11(14-9)13(17)15-10-6-2-3-8-12(10)16/h9-12,14,16H,2-8H2,1H3,(H,15,17). The van der Waals surface area contributed by atoms with Crippen molar-refractivity contribution in [2.45, 2.75) is 76.1 Å². The van der Waals surface area contributed by atoms with Crippen molar-refractivity contribution in [2.75, 3.05) is 0 Å². The molecule has 0 aromatic rings. The number of hydrogen-bond donors (Lipinski definition) is 3. The molecule has 17 heavy (non-hydrogen) atoms. The van der Waals surface area contributed by atoms with Gasteiger partial charge in [-0.05, 0) is 39.0 Å². The lowest BCUT2D eigenvalue weighted by atomic mass is 9.92. The minimum atomic E-state index is -0.353. The van der Waals surface area contributed by atoms with Crippen LogP contribution in [0.4, 0.5) is 0 Å². The van der Waals surface area contributed by atoms with E-state index in [4.69, 9.17) is 0 Å². The summed E-state index contributed by atoms with van der Waals surface area (Å²) in [5, 5.41) is 16.2. The fraction of sp³-hybridized carbons (Fsp3) is 0.923. The van der Waals surface area contributed by atoms with Gasteiger partial charge in [-0.15, -0.1) is 0 Å². The van der Waals surface area contributed by atoms with E-state index in [9.17, 15) is 9.90 Å². The van der Waals surface area contributed by atoms with Gasteiger partial charge in [0.05, 0.1) is 18.2 Å². The van der Waals surface area contributed by atoms with Gasteiger partial charge in [0.2, 0.25) is 5.91 Å². The molecule has 0 spiro atoms. The fourth-order valence-electron chi connectivity index (χ4n) is 2.91. The fourth-order valence-corrected chi connectivity index (χ4v) is 2.91. The quantitative estimate of drug-likeness (QED) is 0.673. The number of piperidine rings is 1. The van der Waals surface area contributed by atoms with Crippen LogP contribution in [0.1, 0.15) is 51.9 Å². The summed E-state index contributed by atoms with van der Waals surface area (Å²) in [6.07, 6.45) is 6.74. The lowest BCUT2D eigenvalue weighted by Crippen LogP contribution is -2.54. The van der Waals surface area contributed by atoms with Crippen molar-refractivity contribution in [3.05, 3.63) is 0 Å². The molecular formula is C13H24N2O2. The second kappa shape index (κ2) is 5.83. The van der Waals surface area contributed by atoms with Crippen LogP contribution in [0.3, 0.4) is 0 Å². The molecule has 4 atom stereocenters. The Labute approximate surface area is 103 Å². The van der Waals surface area contributed by atoms with Crippen LogP contribution in [0.2, 0.25) is 0 Å². The van der Waals surface area contributed by atoms with Gasteiger partial charge in [0.1, 0.15) is 0 Å². The van der Waals surface area contributed by atoms with Gasteiger partial charge in [0.25, 0.3) is 0 Å². The summed E-state index contributed by atoms with van der Waals surface area (Å²) in [7, 11) is 0. The SMILES string of the molecule is CC1CCCC(C(=O)NC2CCCCC2O)N1. The van der Waals surface area contributed by atoms with E-state index in [-0.39, 0.29) is 24.1 Å². The molecule has 1 aliphatic heterocycles.